The molecule has 3 N–H and O–H groups in total. The molecule has 2 unspecified atom stereocenters. The topological polar surface area (TPSA) is 106 Å². The summed E-state index contributed by atoms with van der Waals surface area (Å²) in [7, 11) is 0. The van der Waals surface area contributed by atoms with Crippen LogP contribution in [0.4, 0.5) is 0 Å². The average Bonchev–Trinajstić information content (AvgIpc) is 3.07. The highest BCUT2D eigenvalue weighted by molar-refractivity contribution is 5.87. The SMILES string of the molecule is CC(=O)CNC(=O)CCC(=O)NC(C)(C)CCCCCOCCNC1OC=CC1C. The van der Waals surface area contributed by atoms with E-state index in [0.717, 1.165) is 38.8 Å². The third-order valence-electron chi connectivity index (χ3n) is 4.86. The summed E-state index contributed by atoms with van der Waals surface area (Å²) in [6, 6.07) is 0. The highest BCUT2D eigenvalue weighted by Crippen LogP contribution is 2.15. The summed E-state index contributed by atoms with van der Waals surface area (Å²) in [6.07, 6.45) is 7.91. The Hall–Kier alpha value is -1.93. The van der Waals surface area contributed by atoms with Gasteiger partial charge in [0.25, 0.3) is 0 Å². The van der Waals surface area contributed by atoms with Crippen molar-refractivity contribution >= 4 is 17.6 Å². The minimum Gasteiger partial charge on any atom is -0.483 e. The molecule has 1 rings (SSSR count). The average molecular weight is 426 g/mol. The highest BCUT2D eigenvalue weighted by atomic mass is 16.5. The minimum atomic E-state index is -0.316. The molecule has 2 amide bonds. The number of carbonyl (C=O) groups excluding carboxylic acids is 3. The first-order chi connectivity index (χ1) is 14.2. The van der Waals surface area contributed by atoms with Gasteiger partial charge in [-0.15, -0.1) is 0 Å². The standard InChI is InChI=1S/C22H39N3O5/c1-17-10-14-30-21(17)23-12-15-29-13-7-5-6-11-22(3,4)25-20(28)9-8-19(27)24-16-18(2)26/h10,14,17,21,23H,5-9,11-13,15-16H2,1-4H3,(H,24,27)(H,25,28). The van der Waals surface area contributed by atoms with E-state index in [1.807, 2.05) is 19.9 Å². The maximum absolute atomic E-state index is 12.1. The Morgan fingerprint density at radius 3 is 2.47 bits per heavy atom. The van der Waals surface area contributed by atoms with Gasteiger partial charge >= 0.3 is 0 Å². The van der Waals surface area contributed by atoms with Crippen molar-refractivity contribution in [3.05, 3.63) is 12.3 Å². The molecule has 0 radical (unpaired) electrons. The Morgan fingerprint density at radius 2 is 1.80 bits per heavy atom. The molecule has 8 heteroatoms. The predicted molar refractivity (Wildman–Crippen MR) is 116 cm³/mol. The lowest BCUT2D eigenvalue weighted by Gasteiger charge is -2.26. The molecular formula is C22H39N3O5. The van der Waals surface area contributed by atoms with Crippen LogP contribution in [-0.4, -0.2) is 55.7 Å². The quantitative estimate of drug-likeness (QED) is 0.327. The van der Waals surface area contributed by atoms with Gasteiger partial charge in [0, 0.05) is 37.5 Å². The molecule has 1 heterocycles. The van der Waals surface area contributed by atoms with Crippen LogP contribution in [0.5, 0.6) is 0 Å². The van der Waals surface area contributed by atoms with Crippen LogP contribution in [-0.2, 0) is 23.9 Å². The van der Waals surface area contributed by atoms with Crippen LogP contribution in [0.1, 0.15) is 66.2 Å². The van der Waals surface area contributed by atoms with Crippen molar-refractivity contribution in [2.45, 2.75) is 78.0 Å². The van der Waals surface area contributed by atoms with Gasteiger partial charge in [0.1, 0.15) is 5.78 Å². The number of ether oxygens (including phenoxy) is 2. The van der Waals surface area contributed by atoms with E-state index < -0.39 is 0 Å². The fourth-order valence-electron chi connectivity index (χ4n) is 3.08. The van der Waals surface area contributed by atoms with Crippen LogP contribution in [0.15, 0.2) is 12.3 Å². The van der Waals surface area contributed by atoms with E-state index in [9.17, 15) is 14.4 Å². The molecule has 0 saturated heterocycles. The molecule has 1 aliphatic rings. The molecular weight excluding hydrogens is 386 g/mol. The largest absolute Gasteiger partial charge is 0.483 e. The zero-order valence-electron chi connectivity index (χ0n) is 18.9. The van der Waals surface area contributed by atoms with E-state index in [2.05, 4.69) is 22.9 Å². The monoisotopic (exact) mass is 425 g/mol. The van der Waals surface area contributed by atoms with E-state index in [0.29, 0.717) is 12.5 Å². The van der Waals surface area contributed by atoms with E-state index in [-0.39, 0.29) is 48.8 Å². The van der Waals surface area contributed by atoms with Crippen molar-refractivity contribution < 1.29 is 23.9 Å². The molecule has 172 valence electrons. The molecule has 0 fully saturated rings. The van der Waals surface area contributed by atoms with Crippen LogP contribution in [0, 0.1) is 5.92 Å². The Labute approximate surface area is 180 Å². The number of Topliss-reactive ketones (excluding diaryl/α,β-unsaturated/α-hetero) is 1. The van der Waals surface area contributed by atoms with E-state index in [1.54, 1.807) is 6.26 Å². The summed E-state index contributed by atoms with van der Waals surface area (Å²) < 4.78 is 11.1. The fourth-order valence-corrected chi connectivity index (χ4v) is 3.08. The summed E-state index contributed by atoms with van der Waals surface area (Å²) >= 11 is 0. The predicted octanol–water partition coefficient (Wildman–Crippen LogP) is 2.04. The number of ketones is 1. The molecule has 0 aromatic heterocycles. The molecule has 30 heavy (non-hydrogen) atoms. The zero-order chi connectivity index (χ0) is 22.4. The summed E-state index contributed by atoms with van der Waals surface area (Å²) in [5.74, 6) is -0.153. The van der Waals surface area contributed by atoms with Crippen molar-refractivity contribution in [2.75, 3.05) is 26.3 Å². The lowest BCUT2D eigenvalue weighted by Crippen LogP contribution is -2.43. The van der Waals surface area contributed by atoms with Crippen molar-refractivity contribution in [2.24, 2.45) is 5.92 Å². The summed E-state index contributed by atoms with van der Waals surface area (Å²) in [6.45, 7) is 9.66. The maximum atomic E-state index is 12.1. The van der Waals surface area contributed by atoms with Crippen molar-refractivity contribution in [1.29, 1.82) is 0 Å². The zero-order valence-corrected chi connectivity index (χ0v) is 18.9. The molecule has 2 atom stereocenters. The number of rotatable bonds is 16. The highest BCUT2D eigenvalue weighted by Gasteiger charge is 2.20. The number of hydrogen-bond acceptors (Lipinski definition) is 6. The summed E-state index contributed by atoms with van der Waals surface area (Å²) in [5.41, 5.74) is -0.316. The van der Waals surface area contributed by atoms with Crippen molar-refractivity contribution in [3.8, 4) is 0 Å². The van der Waals surface area contributed by atoms with Crippen LogP contribution < -0.4 is 16.0 Å². The van der Waals surface area contributed by atoms with Crippen LogP contribution in [0.25, 0.3) is 0 Å². The number of nitrogens with one attached hydrogen (secondary N) is 3. The van der Waals surface area contributed by atoms with Crippen molar-refractivity contribution in [1.82, 2.24) is 16.0 Å². The molecule has 0 bridgehead atoms. The lowest BCUT2D eigenvalue weighted by atomic mass is 9.96. The van der Waals surface area contributed by atoms with E-state index >= 15 is 0 Å². The number of hydrogen-bond donors (Lipinski definition) is 3. The Balaban J connectivity index is 1.99. The van der Waals surface area contributed by atoms with Gasteiger partial charge in [-0.25, -0.2) is 0 Å². The smallest absolute Gasteiger partial charge is 0.220 e. The summed E-state index contributed by atoms with van der Waals surface area (Å²) in [5, 5.41) is 8.78. The first kappa shape index (κ1) is 26.1. The first-order valence-corrected chi connectivity index (χ1v) is 10.9. The van der Waals surface area contributed by atoms with E-state index in [1.165, 1.54) is 6.92 Å². The molecule has 0 aromatic carbocycles. The van der Waals surface area contributed by atoms with Crippen LogP contribution >= 0.6 is 0 Å². The summed E-state index contributed by atoms with van der Waals surface area (Å²) in [4.78, 5) is 34.5. The van der Waals surface area contributed by atoms with Gasteiger partial charge in [-0.05, 0) is 39.7 Å². The number of amides is 2. The van der Waals surface area contributed by atoms with Crippen LogP contribution in [0.2, 0.25) is 0 Å². The molecule has 0 aromatic rings. The molecule has 1 aliphatic heterocycles. The Bertz CT molecular complexity index is 577. The van der Waals surface area contributed by atoms with Gasteiger partial charge in [-0.3, -0.25) is 19.7 Å². The van der Waals surface area contributed by atoms with Gasteiger partial charge < -0.3 is 20.1 Å². The molecule has 0 spiro atoms. The van der Waals surface area contributed by atoms with Gasteiger partial charge in [0.15, 0.2) is 6.23 Å². The van der Waals surface area contributed by atoms with Gasteiger partial charge in [0.05, 0.1) is 19.4 Å². The van der Waals surface area contributed by atoms with E-state index in [4.69, 9.17) is 9.47 Å². The number of unbranched alkanes of at least 4 members (excludes halogenated alkanes) is 2. The third-order valence-corrected chi connectivity index (χ3v) is 4.86. The van der Waals surface area contributed by atoms with Crippen LogP contribution in [0.3, 0.4) is 0 Å². The van der Waals surface area contributed by atoms with Gasteiger partial charge in [-0.2, -0.15) is 0 Å². The minimum absolute atomic E-state index is 0.0117. The maximum Gasteiger partial charge on any atom is 0.220 e. The second-order valence-electron chi connectivity index (χ2n) is 8.53. The van der Waals surface area contributed by atoms with Gasteiger partial charge in [0.2, 0.25) is 11.8 Å². The first-order valence-electron chi connectivity index (χ1n) is 10.9. The van der Waals surface area contributed by atoms with Gasteiger partial charge in [-0.1, -0.05) is 19.8 Å². The second-order valence-corrected chi connectivity index (χ2v) is 8.53. The fraction of sp³-hybridized carbons (Fsp3) is 0.773. The third kappa shape index (κ3) is 12.6. The molecule has 8 nitrogen and oxygen atoms in total. The second kappa shape index (κ2) is 14.1. The normalized spacial score (nSPS) is 18.1. The number of carbonyl (C=O) groups is 3. The molecule has 0 saturated carbocycles. The Morgan fingerprint density at radius 1 is 1.07 bits per heavy atom. The molecule has 0 aliphatic carbocycles. The van der Waals surface area contributed by atoms with Crippen molar-refractivity contribution in [3.63, 3.8) is 0 Å². The Kier molecular flexibility index (Phi) is 12.3. The lowest BCUT2D eigenvalue weighted by molar-refractivity contribution is -0.128.